The van der Waals surface area contributed by atoms with Crippen LogP contribution in [-0.2, 0) is 20.7 Å². The number of piperidine rings is 1. The highest BCUT2D eigenvalue weighted by atomic mass is 16.5. The molecule has 2 saturated heterocycles. The number of amides is 2. The van der Waals surface area contributed by atoms with Crippen LogP contribution in [0.15, 0.2) is 36.5 Å². The molecule has 6 nitrogen and oxygen atoms in total. The van der Waals surface area contributed by atoms with E-state index in [1.165, 1.54) is 5.56 Å². The van der Waals surface area contributed by atoms with Crippen LogP contribution in [0, 0.1) is 5.92 Å². The van der Waals surface area contributed by atoms with Crippen LogP contribution in [0.3, 0.4) is 0 Å². The highest BCUT2D eigenvalue weighted by Gasteiger charge is 2.30. The largest absolute Gasteiger partial charge is 0.379 e. The number of fused-ring (bicyclic) bond motifs is 1. The number of nitrogens with zero attached hydrogens (tertiary/aromatic N) is 2. The molecule has 2 amide bonds. The van der Waals surface area contributed by atoms with Gasteiger partial charge in [-0.2, -0.15) is 0 Å². The number of nitrogens with one attached hydrogen (secondary N) is 1. The Kier molecular flexibility index (Phi) is 6.39. The van der Waals surface area contributed by atoms with Crippen molar-refractivity contribution in [3.8, 4) is 0 Å². The van der Waals surface area contributed by atoms with Crippen molar-refractivity contribution in [1.29, 1.82) is 0 Å². The first-order valence-corrected chi connectivity index (χ1v) is 10.7. The van der Waals surface area contributed by atoms with Gasteiger partial charge in [-0.25, -0.2) is 0 Å². The zero-order chi connectivity index (χ0) is 20.1. The minimum atomic E-state index is 0.0334. The fraction of sp³-hybridized carbons (Fsp3) is 0.522. The van der Waals surface area contributed by atoms with Gasteiger partial charge in [-0.15, -0.1) is 0 Å². The van der Waals surface area contributed by atoms with Gasteiger partial charge in [0.1, 0.15) is 0 Å². The van der Waals surface area contributed by atoms with Crippen molar-refractivity contribution in [3.05, 3.63) is 42.1 Å². The van der Waals surface area contributed by atoms with E-state index in [0.29, 0.717) is 39.0 Å². The minimum Gasteiger partial charge on any atom is -0.379 e. The van der Waals surface area contributed by atoms with Gasteiger partial charge in [0.15, 0.2) is 0 Å². The number of benzene rings is 1. The third kappa shape index (κ3) is 4.93. The van der Waals surface area contributed by atoms with Crippen molar-refractivity contribution in [1.82, 2.24) is 15.2 Å². The predicted octanol–water partition coefficient (Wildman–Crippen LogP) is 2.70. The normalized spacial score (nSPS) is 22.2. The first kappa shape index (κ1) is 19.8. The molecule has 0 bridgehead atoms. The van der Waals surface area contributed by atoms with E-state index in [1.807, 2.05) is 29.3 Å². The standard InChI is InChI=1S/C23H29N3O3/c27-22(8-5-13-26-12-4-3-9-23(26)28)25-21-16-29-15-18(21)14-17-10-11-24-20-7-2-1-6-19(17)20/h1-2,6-7,10-11,18,21H,3-5,8-9,12-16H2,(H,25,27)/t18-,21+/m1/s1. The lowest BCUT2D eigenvalue weighted by atomic mass is 9.93. The fourth-order valence-corrected chi connectivity index (χ4v) is 4.38. The Hall–Kier alpha value is -2.47. The summed E-state index contributed by atoms with van der Waals surface area (Å²) < 4.78 is 5.69. The molecule has 1 aromatic carbocycles. The quantitative estimate of drug-likeness (QED) is 0.782. The van der Waals surface area contributed by atoms with Crippen LogP contribution in [0.1, 0.15) is 37.7 Å². The third-order valence-corrected chi connectivity index (χ3v) is 6.02. The second-order valence-electron chi connectivity index (χ2n) is 8.10. The van der Waals surface area contributed by atoms with Gasteiger partial charge in [0.05, 0.1) is 24.8 Å². The Balaban J connectivity index is 1.29. The number of hydrogen-bond acceptors (Lipinski definition) is 4. The highest BCUT2D eigenvalue weighted by molar-refractivity contribution is 5.82. The van der Waals surface area contributed by atoms with E-state index in [9.17, 15) is 9.59 Å². The summed E-state index contributed by atoms with van der Waals surface area (Å²) in [6, 6.07) is 10.3. The number of para-hydroxylation sites is 1. The van der Waals surface area contributed by atoms with Gasteiger partial charge in [-0.3, -0.25) is 14.6 Å². The van der Waals surface area contributed by atoms with Crippen LogP contribution >= 0.6 is 0 Å². The van der Waals surface area contributed by atoms with Crippen LogP contribution in [0.25, 0.3) is 10.9 Å². The molecule has 2 aliphatic heterocycles. The number of likely N-dealkylation sites (tertiary alicyclic amines) is 1. The van der Waals surface area contributed by atoms with Crippen LogP contribution in [0.4, 0.5) is 0 Å². The third-order valence-electron chi connectivity index (χ3n) is 6.02. The molecule has 1 aromatic heterocycles. The van der Waals surface area contributed by atoms with Crippen LogP contribution < -0.4 is 5.32 Å². The SMILES string of the molecule is O=C(CCCN1CCCCC1=O)N[C@H]1COC[C@H]1Cc1ccnc2ccccc12. The molecule has 0 spiro atoms. The Bertz CT molecular complexity index is 864. The van der Waals surface area contributed by atoms with E-state index in [-0.39, 0.29) is 23.8 Å². The van der Waals surface area contributed by atoms with Gasteiger partial charge >= 0.3 is 0 Å². The van der Waals surface area contributed by atoms with Gasteiger partial charge in [0.2, 0.25) is 11.8 Å². The molecule has 1 N–H and O–H groups in total. The summed E-state index contributed by atoms with van der Waals surface area (Å²) in [6.45, 7) is 2.73. The molecule has 6 heteroatoms. The molecule has 2 fully saturated rings. The van der Waals surface area contributed by atoms with Crippen molar-refractivity contribution in [2.24, 2.45) is 5.92 Å². The molecule has 2 atom stereocenters. The number of rotatable bonds is 7. The van der Waals surface area contributed by atoms with Crippen molar-refractivity contribution < 1.29 is 14.3 Å². The van der Waals surface area contributed by atoms with Crippen LogP contribution in [0.5, 0.6) is 0 Å². The minimum absolute atomic E-state index is 0.0334. The summed E-state index contributed by atoms with van der Waals surface area (Å²) in [5, 5.41) is 4.33. The van der Waals surface area contributed by atoms with Gasteiger partial charge in [-0.1, -0.05) is 18.2 Å². The van der Waals surface area contributed by atoms with Gasteiger partial charge < -0.3 is 15.0 Å². The summed E-state index contributed by atoms with van der Waals surface area (Å²) in [5.41, 5.74) is 2.24. The van der Waals surface area contributed by atoms with E-state index < -0.39 is 0 Å². The average Bonchev–Trinajstić information content (AvgIpc) is 3.16. The Morgan fingerprint density at radius 3 is 3.00 bits per heavy atom. The number of pyridine rings is 1. The lowest BCUT2D eigenvalue weighted by molar-refractivity contribution is -0.133. The van der Waals surface area contributed by atoms with Crippen LogP contribution in [0.2, 0.25) is 0 Å². The Morgan fingerprint density at radius 1 is 1.21 bits per heavy atom. The maximum atomic E-state index is 12.5. The van der Waals surface area contributed by atoms with Gasteiger partial charge in [-0.05, 0) is 43.4 Å². The number of aromatic nitrogens is 1. The first-order valence-electron chi connectivity index (χ1n) is 10.7. The second kappa shape index (κ2) is 9.35. The zero-order valence-electron chi connectivity index (χ0n) is 16.8. The molecule has 2 aliphatic rings. The molecule has 0 radical (unpaired) electrons. The maximum absolute atomic E-state index is 12.5. The number of ether oxygens (including phenoxy) is 1. The van der Waals surface area contributed by atoms with E-state index in [4.69, 9.17) is 4.74 Å². The Morgan fingerprint density at radius 2 is 2.10 bits per heavy atom. The fourth-order valence-electron chi connectivity index (χ4n) is 4.38. The summed E-state index contributed by atoms with van der Waals surface area (Å²) in [4.78, 5) is 30.6. The lowest BCUT2D eigenvalue weighted by Crippen LogP contribution is -2.41. The number of carbonyl (C=O) groups excluding carboxylic acids is 2. The van der Waals surface area contributed by atoms with Crippen LogP contribution in [-0.4, -0.2) is 54.0 Å². The molecule has 4 rings (SSSR count). The van der Waals surface area contributed by atoms with Crippen molar-refractivity contribution >= 4 is 22.7 Å². The van der Waals surface area contributed by atoms with E-state index in [2.05, 4.69) is 22.4 Å². The topological polar surface area (TPSA) is 71.5 Å². The lowest BCUT2D eigenvalue weighted by Gasteiger charge is -2.26. The summed E-state index contributed by atoms with van der Waals surface area (Å²) in [6.07, 6.45) is 6.58. The molecule has 0 unspecified atom stereocenters. The van der Waals surface area contributed by atoms with E-state index in [0.717, 1.165) is 36.7 Å². The molecular formula is C23H29N3O3. The molecule has 3 heterocycles. The average molecular weight is 396 g/mol. The molecular weight excluding hydrogens is 366 g/mol. The molecule has 154 valence electrons. The summed E-state index contributed by atoms with van der Waals surface area (Å²) in [5.74, 6) is 0.536. The summed E-state index contributed by atoms with van der Waals surface area (Å²) in [7, 11) is 0. The Labute approximate surface area is 171 Å². The van der Waals surface area contributed by atoms with Crippen molar-refractivity contribution in [2.75, 3.05) is 26.3 Å². The van der Waals surface area contributed by atoms with Gasteiger partial charge in [0.25, 0.3) is 0 Å². The highest BCUT2D eigenvalue weighted by Crippen LogP contribution is 2.24. The predicted molar refractivity (Wildman–Crippen MR) is 111 cm³/mol. The molecule has 0 aliphatic carbocycles. The van der Waals surface area contributed by atoms with E-state index >= 15 is 0 Å². The number of hydrogen-bond donors (Lipinski definition) is 1. The maximum Gasteiger partial charge on any atom is 0.222 e. The monoisotopic (exact) mass is 395 g/mol. The molecule has 0 saturated carbocycles. The van der Waals surface area contributed by atoms with Gasteiger partial charge in [0, 0.05) is 43.4 Å². The summed E-state index contributed by atoms with van der Waals surface area (Å²) >= 11 is 0. The first-order chi connectivity index (χ1) is 14.2. The number of carbonyl (C=O) groups is 2. The van der Waals surface area contributed by atoms with Crippen molar-refractivity contribution in [3.63, 3.8) is 0 Å². The second-order valence-corrected chi connectivity index (χ2v) is 8.10. The van der Waals surface area contributed by atoms with E-state index in [1.54, 1.807) is 0 Å². The smallest absolute Gasteiger partial charge is 0.222 e. The molecule has 29 heavy (non-hydrogen) atoms. The van der Waals surface area contributed by atoms with Crippen molar-refractivity contribution in [2.45, 2.75) is 44.6 Å². The zero-order valence-corrected chi connectivity index (χ0v) is 16.8. The molecule has 2 aromatic rings.